The van der Waals surface area contributed by atoms with Gasteiger partial charge in [0, 0.05) is 25.7 Å². The molecule has 1 rings (SSSR count). The van der Waals surface area contributed by atoms with Gasteiger partial charge in [-0.05, 0) is 19.3 Å². The summed E-state index contributed by atoms with van der Waals surface area (Å²) in [6.45, 7) is 3.54. The van der Waals surface area contributed by atoms with Gasteiger partial charge in [-0.3, -0.25) is 0 Å². The molecule has 6 nitrogen and oxygen atoms in total. The molecule has 1 saturated heterocycles. The zero-order chi connectivity index (χ0) is 12.9. The largest absolute Gasteiger partial charge is 0.338 e. The third kappa shape index (κ3) is 4.51. The third-order valence-corrected chi connectivity index (χ3v) is 4.12. The highest BCUT2D eigenvalue weighted by atomic mass is 32.2. The Morgan fingerprint density at radius 2 is 2.12 bits per heavy atom. The number of sulfonamides is 1. The maximum absolute atomic E-state index is 11.5. The average Bonchev–Trinajstić information content (AvgIpc) is 2.71. The van der Waals surface area contributed by atoms with Gasteiger partial charge in [0.05, 0.1) is 6.26 Å². The first kappa shape index (κ1) is 14.2. The Labute approximate surface area is 103 Å². The lowest BCUT2D eigenvalue weighted by Crippen LogP contribution is -2.45. The number of amides is 2. The molecule has 0 radical (unpaired) electrons. The van der Waals surface area contributed by atoms with E-state index in [2.05, 4.69) is 10.6 Å². The number of hydrogen-bond acceptors (Lipinski definition) is 3. The van der Waals surface area contributed by atoms with Crippen LogP contribution in [0.2, 0.25) is 0 Å². The van der Waals surface area contributed by atoms with E-state index < -0.39 is 10.0 Å². The van der Waals surface area contributed by atoms with Crippen molar-refractivity contribution in [3.05, 3.63) is 0 Å². The van der Waals surface area contributed by atoms with Gasteiger partial charge in [-0.15, -0.1) is 0 Å². The molecule has 1 aliphatic rings. The Bertz CT molecular complexity index is 356. The van der Waals surface area contributed by atoms with E-state index in [0.29, 0.717) is 19.6 Å². The molecule has 100 valence electrons. The molecular weight excluding hydrogens is 242 g/mol. The van der Waals surface area contributed by atoms with Crippen LogP contribution in [0.4, 0.5) is 4.79 Å². The molecule has 0 spiro atoms. The number of carbonyl (C=O) groups is 1. The van der Waals surface area contributed by atoms with E-state index in [0.717, 1.165) is 19.3 Å². The van der Waals surface area contributed by atoms with E-state index in [1.807, 2.05) is 6.92 Å². The monoisotopic (exact) mass is 263 g/mol. The van der Waals surface area contributed by atoms with Gasteiger partial charge in [-0.1, -0.05) is 6.92 Å². The predicted molar refractivity (Wildman–Crippen MR) is 66.3 cm³/mol. The van der Waals surface area contributed by atoms with E-state index >= 15 is 0 Å². The molecule has 0 aromatic rings. The van der Waals surface area contributed by atoms with Crippen molar-refractivity contribution in [1.29, 1.82) is 0 Å². The smallest absolute Gasteiger partial charge is 0.314 e. The SMILES string of the molecule is CCCNC(=O)NCC1CCCN1S(C)(=O)=O. The standard InChI is InChI=1S/C10H21N3O3S/c1-3-6-11-10(14)12-8-9-5-4-7-13(9)17(2,15)16/h9H,3-8H2,1-2H3,(H2,11,12,14). The zero-order valence-electron chi connectivity index (χ0n) is 10.4. The van der Waals surface area contributed by atoms with Crippen LogP contribution in [0.1, 0.15) is 26.2 Å². The Balaban J connectivity index is 2.38. The minimum Gasteiger partial charge on any atom is -0.338 e. The molecule has 0 aliphatic carbocycles. The van der Waals surface area contributed by atoms with Gasteiger partial charge in [-0.2, -0.15) is 4.31 Å². The summed E-state index contributed by atoms with van der Waals surface area (Å²) in [6.07, 6.45) is 3.76. The maximum atomic E-state index is 11.5. The molecule has 1 heterocycles. The lowest BCUT2D eigenvalue weighted by Gasteiger charge is -2.22. The van der Waals surface area contributed by atoms with Crippen molar-refractivity contribution in [2.45, 2.75) is 32.2 Å². The van der Waals surface area contributed by atoms with Crippen LogP contribution in [0.15, 0.2) is 0 Å². The summed E-state index contributed by atoms with van der Waals surface area (Å²) < 4.78 is 24.4. The van der Waals surface area contributed by atoms with Crippen molar-refractivity contribution < 1.29 is 13.2 Å². The van der Waals surface area contributed by atoms with Crippen LogP contribution in [0.25, 0.3) is 0 Å². The number of nitrogens with one attached hydrogen (secondary N) is 2. The predicted octanol–water partition coefficient (Wildman–Crippen LogP) is 0.120. The van der Waals surface area contributed by atoms with Crippen LogP contribution in [0.5, 0.6) is 0 Å². The van der Waals surface area contributed by atoms with Crippen LogP contribution < -0.4 is 10.6 Å². The zero-order valence-corrected chi connectivity index (χ0v) is 11.2. The van der Waals surface area contributed by atoms with Gasteiger partial charge < -0.3 is 10.6 Å². The molecule has 1 aliphatic heterocycles. The lowest BCUT2D eigenvalue weighted by atomic mass is 10.2. The summed E-state index contributed by atoms with van der Waals surface area (Å²) >= 11 is 0. The van der Waals surface area contributed by atoms with E-state index in [1.54, 1.807) is 0 Å². The fraction of sp³-hybridized carbons (Fsp3) is 0.900. The summed E-state index contributed by atoms with van der Waals surface area (Å²) in [4.78, 5) is 11.3. The highest BCUT2D eigenvalue weighted by Gasteiger charge is 2.31. The number of carbonyl (C=O) groups excluding carboxylic acids is 1. The lowest BCUT2D eigenvalue weighted by molar-refractivity contribution is 0.238. The fourth-order valence-electron chi connectivity index (χ4n) is 1.96. The van der Waals surface area contributed by atoms with E-state index in [1.165, 1.54) is 10.6 Å². The molecule has 1 unspecified atom stereocenters. The number of urea groups is 1. The second-order valence-electron chi connectivity index (χ2n) is 4.31. The van der Waals surface area contributed by atoms with Crippen LogP contribution in [0, 0.1) is 0 Å². The van der Waals surface area contributed by atoms with Crippen molar-refractivity contribution in [1.82, 2.24) is 14.9 Å². The second-order valence-corrected chi connectivity index (χ2v) is 6.24. The van der Waals surface area contributed by atoms with E-state index in [9.17, 15) is 13.2 Å². The summed E-state index contributed by atoms with van der Waals surface area (Å²) in [7, 11) is -3.15. The summed E-state index contributed by atoms with van der Waals surface area (Å²) in [5, 5.41) is 5.40. The molecular formula is C10H21N3O3S. The number of rotatable bonds is 5. The molecule has 17 heavy (non-hydrogen) atoms. The van der Waals surface area contributed by atoms with Gasteiger partial charge >= 0.3 is 6.03 Å². The van der Waals surface area contributed by atoms with Crippen molar-refractivity contribution in [2.75, 3.05) is 25.9 Å². The quantitative estimate of drug-likeness (QED) is 0.739. The Morgan fingerprint density at radius 3 is 2.71 bits per heavy atom. The Kier molecular flexibility index (Phi) is 5.20. The molecule has 0 aromatic heterocycles. The van der Waals surface area contributed by atoms with Crippen molar-refractivity contribution >= 4 is 16.1 Å². The van der Waals surface area contributed by atoms with Gasteiger partial charge in [0.1, 0.15) is 0 Å². The molecule has 2 N–H and O–H groups in total. The van der Waals surface area contributed by atoms with Crippen LogP contribution in [-0.2, 0) is 10.0 Å². The minimum atomic E-state index is -3.15. The number of hydrogen-bond donors (Lipinski definition) is 2. The topological polar surface area (TPSA) is 78.5 Å². The third-order valence-electron chi connectivity index (χ3n) is 2.78. The molecule has 0 bridgehead atoms. The van der Waals surface area contributed by atoms with E-state index in [-0.39, 0.29) is 12.1 Å². The van der Waals surface area contributed by atoms with Gasteiger partial charge in [0.15, 0.2) is 0 Å². The van der Waals surface area contributed by atoms with Crippen molar-refractivity contribution in [3.8, 4) is 0 Å². The average molecular weight is 263 g/mol. The van der Waals surface area contributed by atoms with E-state index in [4.69, 9.17) is 0 Å². The first-order valence-corrected chi connectivity index (χ1v) is 7.78. The normalized spacial score (nSPS) is 21.4. The van der Waals surface area contributed by atoms with Crippen LogP contribution in [0.3, 0.4) is 0 Å². The second kappa shape index (κ2) is 6.20. The molecule has 2 amide bonds. The van der Waals surface area contributed by atoms with Gasteiger partial charge in [0.2, 0.25) is 10.0 Å². The van der Waals surface area contributed by atoms with Crippen molar-refractivity contribution in [2.24, 2.45) is 0 Å². The van der Waals surface area contributed by atoms with Crippen LogP contribution >= 0.6 is 0 Å². The maximum Gasteiger partial charge on any atom is 0.314 e. The Hall–Kier alpha value is -0.820. The Morgan fingerprint density at radius 1 is 1.41 bits per heavy atom. The van der Waals surface area contributed by atoms with Crippen LogP contribution in [-0.4, -0.2) is 50.7 Å². The molecule has 0 saturated carbocycles. The summed E-state index contributed by atoms with van der Waals surface area (Å²) in [6, 6.07) is -0.329. The molecule has 1 fully saturated rings. The highest BCUT2D eigenvalue weighted by Crippen LogP contribution is 2.19. The first-order chi connectivity index (χ1) is 7.95. The molecule has 0 aromatic carbocycles. The summed E-state index contributed by atoms with van der Waals surface area (Å²) in [5.41, 5.74) is 0. The molecule has 7 heteroatoms. The minimum absolute atomic E-state index is 0.0997. The summed E-state index contributed by atoms with van der Waals surface area (Å²) in [5.74, 6) is 0. The molecule has 1 atom stereocenters. The van der Waals surface area contributed by atoms with Crippen molar-refractivity contribution in [3.63, 3.8) is 0 Å². The highest BCUT2D eigenvalue weighted by molar-refractivity contribution is 7.88. The fourth-order valence-corrected chi connectivity index (χ4v) is 3.14. The van der Waals surface area contributed by atoms with Gasteiger partial charge in [-0.25, -0.2) is 13.2 Å². The van der Waals surface area contributed by atoms with Gasteiger partial charge in [0.25, 0.3) is 0 Å². The first-order valence-electron chi connectivity index (χ1n) is 5.93. The number of nitrogens with zero attached hydrogens (tertiary/aromatic N) is 1.